The van der Waals surface area contributed by atoms with Crippen LogP contribution in [0, 0.1) is 11.8 Å². The first-order valence-corrected chi connectivity index (χ1v) is 27.6. The van der Waals surface area contributed by atoms with Crippen molar-refractivity contribution in [3.05, 3.63) is 59.9 Å². The standard InChI is InChI=1S/C59H103N2/c1-4-7-9-11-13-15-17-19-21-23-25-27-29-31-33-35-37-39-41-43-53-61(59-49-47-57(48-50-59)45-46-58-51-55-60(6-3)56-52-58)54-44-42-40-38-36-34-32-30-28-26-24-22-20-18-16-14-12-10-8-5-2/h47-52,55-56H,4-44,53-54H2,1-3H3/q+1. The van der Waals surface area contributed by atoms with E-state index in [1.54, 1.807) is 0 Å². The second-order valence-corrected chi connectivity index (χ2v) is 19.1. The van der Waals surface area contributed by atoms with Gasteiger partial charge in [-0.1, -0.05) is 270 Å². The molecule has 0 unspecified atom stereocenters. The first-order valence-electron chi connectivity index (χ1n) is 27.6. The summed E-state index contributed by atoms with van der Waals surface area (Å²) >= 11 is 0. The van der Waals surface area contributed by atoms with Crippen LogP contribution in [-0.4, -0.2) is 13.1 Å². The van der Waals surface area contributed by atoms with Crippen LogP contribution < -0.4 is 9.47 Å². The van der Waals surface area contributed by atoms with Crippen molar-refractivity contribution in [2.45, 2.75) is 284 Å². The Balaban J connectivity index is 1.57. The van der Waals surface area contributed by atoms with E-state index in [0.717, 1.165) is 17.7 Å². The third-order valence-corrected chi connectivity index (χ3v) is 13.4. The molecule has 0 aliphatic heterocycles. The van der Waals surface area contributed by atoms with Gasteiger partial charge in [0.05, 0.1) is 0 Å². The molecule has 0 radical (unpaired) electrons. The van der Waals surface area contributed by atoms with E-state index in [1.807, 2.05) is 0 Å². The van der Waals surface area contributed by atoms with Crippen molar-refractivity contribution in [3.63, 3.8) is 0 Å². The molecule has 2 heteroatoms. The van der Waals surface area contributed by atoms with Crippen molar-refractivity contribution in [2.75, 3.05) is 18.0 Å². The summed E-state index contributed by atoms with van der Waals surface area (Å²) in [5, 5.41) is 0. The maximum absolute atomic E-state index is 3.40. The number of benzene rings is 1. The van der Waals surface area contributed by atoms with Gasteiger partial charge in [-0.2, -0.15) is 0 Å². The molecule has 0 N–H and O–H groups in total. The fourth-order valence-corrected chi connectivity index (χ4v) is 9.14. The molecule has 2 nitrogen and oxygen atoms in total. The highest BCUT2D eigenvalue weighted by atomic mass is 15.1. The van der Waals surface area contributed by atoms with E-state index in [1.165, 1.54) is 276 Å². The number of unbranched alkanes of at least 4 members (excludes halogenated alkanes) is 38. The number of rotatable bonds is 44. The predicted octanol–water partition coefficient (Wildman–Crippen LogP) is 18.8. The van der Waals surface area contributed by atoms with E-state index in [9.17, 15) is 0 Å². The lowest BCUT2D eigenvalue weighted by atomic mass is 10.0. The highest BCUT2D eigenvalue weighted by Gasteiger charge is 2.07. The van der Waals surface area contributed by atoms with Crippen molar-refractivity contribution in [1.82, 2.24) is 0 Å². The van der Waals surface area contributed by atoms with Gasteiger partial charge in [0.2, 0.25) is 0 Å². The number of anilines is 1. The minimum Gasteiger partial charge on any atom is -0.372 e. The fraction of sp³-hybridized carbons (Fsp3) is 0.780. The number of pyridine rings is 1. The van der Waals surface area contributed by atoms with E-state index in [2.05, 4.69) is 90.9 Å². The van der Waals surface area contributed by atoms with Gasteiger partial charge >= 0.3 is 0 Å². The van der Waals surface area contributed by atoms with Gasteiger partial charge in [-0.05, 0) is 44.0 Å². The first-order chi connectivity index (χ1) is 30.3. The van der Waals surface area contributed by atoms with Crippen molar-refractivity contribution in [2.24, 2.45) is 0 Å². The fourth-order valence-electron chi connectivity index (χ4n) is 9.14. The SMILES string of the molecule is CCCCCCCCCCCCCCCCCCCCCCN(CCCCCCCCCCCCCCCCCCCCCC)c1ccc(C#Cc2cc[n+](CC)cc2)cc1. The Morgan fingerprint density at radius 1 is 0.311 bits per heavy atom. The zero-order chi connectivity index (χ0) is 43.4. The van der Waals surface area contributed by atoms with E-state index in [4.69, 9.17) is 0 Å². The number of nitrogens with zero attached hydrogens (tertiary/aromatic N) is 2. The van der Waals surface area contributed by atoms with Crippen molar-refractivity contribution in [1.29, 1.82) is 0 Å². The third-order valence-electron chi connectivity index (χ3n) is 13.4. The van der Waals surface area contributed by atoms with E-state index in [0.29, 0.717) is 0 Å². The minimum absolute atomic E-state index is 0.991. The zero-order valence-corrected chi connectivity index (χ0v) is 41.4. The molecule has 0 saturated heterocycles. The van der Waals surface area contributed by atoms with Gasteiger partial charge in [-0.25, -0.2) is 4.57 Å². The molecule has 348 valence electrons. The zero-order valence-electron chi connectivity index (χ0n) is 41.4. The highest BCUT2D eigenvalue weighted by molar-refractivity contribution is 5.51. The van der Waals surface area contributed by atoms with Crippen LogP contribution in [0.1, 0.15) is 289 Å². The summed E-state index contributed by atoms with van der Waals surface area (Å²) in [5.41, 5.74) is 3.56. The molecule has 1 heterocycles. The second kappa shape index (κ2) is 43.0. The van der Waals surface area contributed by atoms with E-state index < -0.39 is 0 Å². The number of aryl methyl sites for hydroxylation is 1. The summed E-state index contributed by atoms with van der Waals surface area (Å²) in [6.45, 7) is 10.2. The lowest BCUT2D eigenvalue weighted by molar-refractivity contribution is -0.693. The summed E-state index contributed by atoms with van der Waals surface area (Å²) in [7, 11) is 0. The van der Waals surface area contributed by atoms with Crippen LogP contribution in [0.4, 0.5) is 5.69 Å². The molecule has 0 atom stereocenters. The molecule has 0 amide bonds. The predicted molar refractivity (Wildman–Crippen MR) is 273 cm³/mol. The lowest BCUT2D eigenvalue weighted by Gasteiger charge is -2.25. The maximum Gasteiger partial charge on any atom is 0.170 e. The molecule has 2 aromatic rings. The van der Waals surface area contributed by atoms with Gasteiger partial charge < -0.3 is 4.90 Å². The Labute approximate surface area is 382 Å². The number of hydrogen-bond donors (Lipinski definition) is 0. The van der Waals surface area contributed by atoms with Crippen LogP contribution in [0.2, 0.25) is 0 Å². The van der Waals surface area contributed by atoms with Gasteiger partial charge in [0, 0.05) is 42.0 Å². The average molecular weight is 840 g/mol. The van der Waals surface area contributed by atoms with Crippen molar-refractivity contribution in [3.8, 4) is 11.8 Å². The molecular weight excluding hydrogens is 737 g/mol. The molecule has 2 rings (SSSR count). The monoisotopic (exact) mass is 840 g/mol. The molecule has 0 spiro atoms. The normalized spacial score (nSPS) is 11.3. The smallest absolute Gasteiger partial charge is 0.170 e. The molecule has 0 aliphatic carbocycles. The molecule has 1 aromatic heterocycles. The van der Waals surface area contributed by atoms with Crippen LogP contribution in [0.25, 0.3) is 0 Å². The molecule has 0 saturated carbocycles. The molecule has 61 heavy (non-hydrogen) atoms. The van der Waals surface area contributed by atoms with E-state index in [-0.39, 0.29) is 0 Å². The van der Waals surface area contributed by atoms with Crippen LogP contribution in [0.15, 0.2) is 48.8 Å². The van der Waals surface area contributed by atoms with Crippen molar-refractivity contribution >= 4 is 5.69 Å². The van der Waals surface area contributed by atoms with Gasteiger partial charge in [0.1, 0.15) is 6.54 Å². The Kier molecular flexibility index (Phi) is 38.7. The van der Waals surface area contributed by atoms with Gasteiger partial charge in [0.15, 0.2) is 12.4 Å². The Hall–Kier alpha value is -2.27. The summed E-state index contributed by atoms with van der Waals surface area (Å²) in [4.78, 5) is 2.68. The average Bonchev–Trinajstić information content (AvgIpc) is 3.29. The Bertz CT molecular complexity index is 1190. The van der Waals surface area contributed by atoms with Crippen LogP contribution in [-0.2, 0) is 6.54 Å². The van der Waals surface area contributed by atoms with Crippen LogP contribution in [0.5, 0.6) is 0 Å². The quantitative estimate of drug-likeness (QED) is 0.0366. The highest BCUT2D eigenvalue weighted by Crippen LogP contribution is 2.20. The van der Waals surface area contributed by atoms with Crippen LogP contribution in [0.3, 0.4) is 0 Å². The summed E-state index contributed by atoms with van der Waals surface area (Å²) in [6.07, 6.45) is 61.8. The summed E-state index contributed by atoms with van der Waals surface area (Å²) in [5.74, 6) is 6.77. The Morgan fingerprint density at radius 3 is 0.820 bits per heavy atom. The maximum atomic E-state index is 3.40. The van der Waals surface area contributed by atoms with Crippen molar-refractivity contribution < 1.29 is 4.57 Å². The number of aromatic nitrogens is 1. The van der Waals surface area contributed by atoms with Gasteiger partial charge in [-0.3, -0.25) is 0 Å². The first kappa shape index (κ1) is 54.9. The molecule has 0 bridgehead atoms. The van der Waals surface area contributed by atoms with E-state index >= 15 is 0 Å². The van der Waals surface area contributed by atoms with Gasteiger partial charge in [-0.15, -0.1) is 0 Å². The third kappa shape index (κ3) is 33.9. The Morgan fingerprint density at radius 2 is 0.557 bits per heavy atom. The van der Waals surface area contributed by atoms with Gasteiger partial charge in [0.25, 0.3) is 0 Å². The second-order valence-electron chi connectivity index (χ2n) is 19.1. The minimum atomic E-state index is 0.991. The molecule has 1 aromatic carbocycles. The van der Waals surface area contributed by atoms with Crippen LogP contribution >= 0.6 is 0 Å². The molecule has 0 fully saturated rings. The largest absolute Gasteiger partial charge is 0.372 e. The lowest BCUT2D eigenvalue weighted by Crippen LogP contribution is -2.30. The topological polar surface area (TPSA) is 7.12 Å². The summed E-state index contributed by atoms with van der Waals surface area (Å²) < 4.78 is 2.18. The number of hydrogen-bond acceptors (Lipinski definition) is 1. The molecular formula is C59H103N2+. The summed E-state index contributed by atoms with van der Waals surface area (Å²) in [6, 6.07) is 13.4. The molecule has 0 aliphatic rings.